The van der Waals surface area contributed by atoms with Gasteiger partial charge in [-0.15, -0.1) is 0 Å². The molecule has 5 atom stereocenters. The fourth-order valence-electron chi connectivity index (χ4n) is 4.89. The van der Waals surface area contributed by atoms with Crippen molar-refractivity contribution >= 4 is 17.8 Å². The van der Waals surface area contributed by atoms with Crippen molar-refractivity contribution in [3.05, 3.63) is 35.9 Å². The SMILES string of the molecule is CCOC(=O)[C@H](CCc1ccccc1)N[C@@H](C)C(=O)N1[C@@H](C(=O)O)C[C@H]2CCC[C@@H]21. The van der Waals surface area contributed by atoms with Crippen LogP contribution in [0.2, 0.25) is 0 Å². The van der Waals surface area contributed by atoms with Gasteiger partial charge >= 0.3 is 11.9 Å². The fourth-order valence-corrected chi connectivity index (χ4v) is 4.89. The Morgan fingerprint density at radius 2 is 1.97 bits per heavy atom. The monoisotopic (exact) mass is 416 g/mol. The Bertz CT molecular complexity index is 753. The first-order valence-electron chi connectivity index (χ1n) is 10.9. The summed E-state index contributed by atoms with van der Waals surface area (Å²) in [5, 5.41) is 12.8. The summed E-state index contributed by atoms with van der Waals surface area (Å²) >= 11 is 0. The number of ether oxygens (including phenoxy) is 1. The van der Waals surface area contributed by atoms with Crippen LogP contribution in [0.3, 0.4) is 0 Å². The number of aryl methyl sites for hydroxylation is 1. The highest BCUT2D eigenvalue weighted by molar-refractivity contribution is 5.88. The molecular weight excluding hydrogens is 384 g/mol. The molecule has 1 saturated heterocycles. The molecule has 1 aromatic rings. The molecule has 7 heteroatoms. The first kappa shape index (κ1) is 22.3. The third-order valence-corrected chi connectivity index (χ3v) is 6.33. The van der Waals surface area contributed by atoms with E-state index in [4.69, 9.17) is 4.74 Å². The van der Waals surface area contributed by atoms with Gasteiger partial charge < -0.3 is 14.7 Å². The number of carbonyl (C=O) groups excluding carboxylic acids is 2. The van der Waals surface area contributed by atoms with Crippen molar-refractivity contribution in [1.29, 1.82) is 0 Å². The van der Waals surface area contributed by atoms with Crippen molar-refractivity contribution in [2.75, 3.05) is 6.61 Å². The molecule has 0 aromatic heterocycles. The molecule has 2 fully saturated rings. The first-order chi connectivity index (χ1) is 14.4. The molecule has 3 rings (SSSR count). The first-order valence-corrected chi connectivity index (χ1v) is 10.9. The van der Waals surface area contributed by atoms with Gasteiger partial charge in [0.15, 0.2) is 0 Å². The maximum Gasteiger partial charge on any atom is 0.326 e. The molecule has 1 aliphatic heterocycles. The molecule has 0 bridgehead atoms. The van der Waals surface area contributed by atoms with Crippen LogP contribution < -0.4 is 5.32 Å². The quantitative estimate of drug-likeness (QED) is 0.600. The van der Waals surface area contributed by atoms with Gasteiger partial charge in [-0.1, -0.05) is 36.8 Å². The molecule has 0 unspecified atom stereocenters. The molecule has 0 spiro atoms. The Hall–Kier alpha value is -2.41. The maximum absolute atomic E-state index is 13.2. The smallest absolute Gasteiger partial charge is 0.326 e. The van der Waals surface area contributed by atoms with Crippen molar-refractivity contribution in [3.8, 4) is 0 Å². The number of carboxylic acid groups (broad SMARTS) is 1. The minimum Gasteiger partial charge on any atom is -0.480 e. The highest BCUT2D eigenvalue weighted by atomic mass is 16.5. The molecule has 1 aliphatic carbocycles. The lowest BCUT2D eigenvalue weighted by Crippen LogP contribution is -2.55. The number of benzene rings is 1. The van der Waals surface area contributed by atoms with Crippen molar-refractivity contribution in [3.63, 3.8) is 0 Å². The van der Waals surface area contributed by atoms with E-state index < -0.39 is 24.1 Å². The van der Waals surface area contributed by atoms with Crippen LogP contribution >= 0.6 is 0 Å². The van der Waals surface area contributed by atoms with Gasteiger partial charge in [-0.3, -0.25) is 14.9 Å². The van der Waals surface area contributed by atoms with Crippen molar-refractivity contribution in [1.82, 2.24) is 10.2 Å². The van der Waals surface area contributed by atoms with Crippen LogP contribution in [0, 0.1) is 5.92 Å². The number of aliphatic carboxylic acids is 1. The highest BCUT2D eigenvalue weighted by Crippen LogP contribution is 2.41. The van der Waals surface area contributed by atoms with Gasteiger partial charge in [-0.05, 0) is 57.4 Å². The molecule has 30 heavy (non-hydrogen) atoms. The van der Waals surface area contributed by atoms with Gasteiger partial charge in [0.25, 0.3) is 0 Å². The van der Waals surface area contributed by atoms with Crippen LogP contribution in [0.25, 0.3) is 0 Å². The van der Waals surface area contributed by atoms with Gasteiger partial charge in [0, 0.05) is 6.04 Å². The summed E-state index contributed by atoms with van der Waals surface area (Å²) in [6.07, 6.45) is 4.54. The van der Waals surface area contributed by atoms with E-state index >= 15 is 0 Å². The van der Waals surface area contributed by atoms with Gasteiger partial charge in [-0.25, -0.2) is 4.79 Å². The molecule has 1 amide bonds. The van der Waals surface area contributed by atoms with Crippen LogP contribution in [-0.4, -0.2) is 58.6 Å². The van der Waals surface area contributed by atoms with Crippen molar-refractivity contribution in [2.45, 2.75) is 76.5 Å². The number of hydrogen-bond donors (Lipinski definition) is 2. The Morgan fingerprint density at radius 1 is 1.23 bits per heavy atom. The molecule has 0 radical (unpaired) electrons. The second-order valence-corrected chi connectivity index (χ2v) is 8.31. The Morgan fingerprint density at radius 3 is 2.63 bits per heavy atom. The number of nitrogens with zero attached hydrogens (tertiary/aromatic N) is 1. The number of likely N-dealkylation sites (tertiary alicyclic amines) is 1. The summed E-state index contributed by atoms with van der Waals surface area (Å²) in [4.78, 5) is 39.1. The lowest BCUT2D eigenvalue weighted by atomic mass is 10.0. The normalized spacial score (nSPS) is 24.9. The fraction of sp³-hybridized carbons (Fsp3) is 0.609. The van der Waals surface area contributed by atoms with Gasteiger partial charge in [0.2, 0.25) is 5.91 Å². The summed E-state index contributed by atoms with van der Waals surface area (Å²) in [5.41, 5.74) is 1.10. The van der Waals surface area contributed by atoms with Crippen LogP contribution in [0.1, 0.15) is 51.5 Å². The zero-order valence-electron chi connectivity index (χ0n) is 17.8. The molecule has 7 nitrogen and oxygen atoms in total. The molecule has 2 aliphatic rings. The van der Waals surface area contributed by atoms with E-state index in [0.29, 0.717) is 19.3 Å². The van der Waals surface area contributed by atoms with Crippen molar-refractivity contribution < 1.29 is 24.2 Å². The number of hydrogen-bond acceptors (Lipinski definition) is 5. The summed E-state index contributed by atoms with van der Waals surface area (Å²) in [6, 6.07) is 7.76. The standard InChI is InChI=1S/C23H32N2O5/c1-3-30-23(29)18(13-12-16-8-5-4-6-9-16)24-15(2)21(26)25-19-11-7-10-17(19)14-20(25)22(27)28/h4-6,8-9,15,17-20,24H,3,7,10-14H2,1-2H3,(H,27,28)/t15-,17+,18-,19-,20+/m0/s1. The molecule has 164 valence electrons. The van der Waals surface area contributed by atoms with Crippen LogP contribution in [0.15, 0.2) is 30.3 Å². The average Bonchev–Trinajstić information content (AvgIpc) is 3.32. The number of carboxylic acids is 1. The molecule has 2 N–H and O–H groups in total. The topological polar surface area (TPSA) is 95.9 Å². The number of rotatable bonds is 9. The minimum atomic E-state index is -0.948. The van der Waals surface area contributed by atoms with E-state index in [0.717, 1.165) is 24.8 Å². The number of fused-ring (bicyclic) bond motifs is 1. The average molecular weight is 417 g/mol. The van der Waals surface area contributed by atoms with E-state index in [1.54, 1.807) is 18.7 Å². The second-order valence-electron chi connectivity index (χ2n) is 8.31. The molecule has 1 heterocycles. The molecular formula is C23H32N2O5. The number of nitrogens with one attached hydrogen (secondary N) is 1. The maximum atomic E-state index is 13.2. The predicted octanol–water partition coefficient (Wildman–Crippen LogP) is 2.38. The van der Waals surface area contributed by atoms with Crippen LogP contribution in [0.4, 0.5) is 0 Å². The predicted molar refractivity (Wildman–Crippen MR) is 112 cm³/mol. The molecule has 1 aromatic carbocycles. The summed E-state index contributed by atoms with van der Waals surface area (Å²) in [5.74, 6) is -1.31. The zero-order valence-corrected chi connectivity index (χ0v) is 17.8. The summed E-state index contributed by atoms with van der Waals surface area (Å²) in [7, 11) is 0. The summed E-state index contributed by atoms with van der Waals surface area (Å²) < 4.78 is 5.21. The minimum absolute atomic E-state index is 0.00629. The van der Waals surface area contributed by atoms with Gasteiger partial charge in [0.1, 0.15) is 12.1 Å². The van der Waals surface area contributed by atoms with Crippen LogP contribution in [-0.2, 0) is 25.5 Å². The lowest BCUT2D eigenvalue weighted by molar-refractivity contribution is -0.151. The van der Waals surface area contributed by atoms with Gasteiger partial charge in [-0.2, -0.15) is 0 Å². The number of esters is 1. The Kier molecular flexibility index (Phi) is 7.48. The van der Waals surface area contributed by atoms with Crippen LogP contribution in [0.5, 0.6) is 0 Å². The Balaban J connectivity index is 1.68. The van der Waals surface area contributed by atoms with Crippen molar-refractivity contribution in [2.24, 2.45) is 5.92 Å². The largest absolute Gasteiger partial charge is 0.480 e. The zero-order chi connectivity index (χ0) is 21.7. The lowest BCUT2D eigenvalue weighted by Gasteiger charge is -2.31. The van der Waals surface area contributed by atoms with E-state index in [9.17, 15) is 19.5 Å². The van der Waals surface area contributed by atoms with E-state index in [-0.39, 0.29) is 30.4 Å². The third kappa shape index (κ3) is 5.01. The van der Waals surface area contributed by atoms with E-state index in [1.807, 2.05) is 30.3 Å². The van der Waals surface area contributed by atoms with E-state index in [1.165, 1.54) is 0 Å². The number of carbonyl (C=O) groups is 3. The second kappa shape index (κ2) is 10.1. The van der Waals surface area contributed by atoms with E-state index in [2.05, 4.69) is 5.32 Å². The number of amides is 1. The Labute approximate surface area is 177 Å². The van der Waals surface area contributed by atoms with Gasteiger partial charge in [0.05, 0.1) is 12.6 Å². The summed E-state index contributed by atoms with van der Waals surface area (Å²) in [6.45, 7) is 3.72. The third-order valence-electron chi connectivity index (χ3n) is 6.33. The highest BCUT2D eigenvalue weighted by Gasteiger charge is 2.49. The molecule has 1 saturated carbocycles.